The molecular formula is C20H17Cl2N3O2. The molecule has 2 amide bonds. The average molecular weight is 402 g/mol. The number of pyridine rings is 1. The fraction of sp³-hybridized carbons (Fsp3) is 0.100. The van der Waals surface area contributed by atoms with Gasteiger partial charge in [0.05, 0.1) is 10.7 Å². The molecule has 0 atom stereocenters. The van der Waals surface area contributed by atoms with Crippen LogP contribution in [0, 0.1) is 0 Å². The first-order valence-electron chi connectivity index (χ1n) is 8.21. The van der Waals surface area contributed by atoms with E-state index in [-0.39, 0.29) is 6.03 Å². The number of anilines is 1. The highest BCUT2D eigenvalue weighted by molar-refractivity contribution is 6.36. The fourth-order valence-electron chi connectivity index (χ4n) is 2.29. The Morgan fingerprint density at radius 1 is 1.04 bits per heavy atom. The first-order chi connectivity index (χ1) is 13.1. The second-order valence-corrected chi connectivity index (χ2v) is 6.57. The van der Waals surface area contributed by atoms with Crippen LogP contribution in [0.4, 0.5) is 10.5 Å². The van der Waals surface area contributed by atoms with Crippen molar-refractivity contribution in [2.45, 2.75) is 13.2 Å². The second-order valence-electron chi connectivity index (χ2n) is 5.73. The number of hydrogen-bond donors (Lipinski definition) is 2. The maximum atomic E-state index is 12.0. The number of carbonyl (C=O) groups is 1. The maximum absolute atomic E-state index is 12.0. The molecule has 27 heavy (non-hydrogen) atoms. The van der Waals surface area contributed by atoms with Crippen LogP contribution in [0.15, 0.2) is 67.0 Å². The molecule has 3 rings (SSSR count). The summed E-state index contributed by atoms with van der Waals surface area (Å²) >= 11 is 11.9. The minimum absolute atomic E-state index is 0.351. The summed E-state index contributed by atoms with van der Waals surface area (Å²) in [5, 5.41) is 6.36. The molecule has 0 unspecified atom stereocenters. The lowest BCUT2D eigenvalue weighted by Crippen LogP contribution is -2.28. The lowest BCUT2D eigenvalue weighted by Gasteiger charge is -2.10. The van der Waals surface area contributed by atoms with Gasteiger partial charge in [0, 0.05) is 29.5 Å². The van der Waals surface area contributed by atoms with Gasteiger partial charge >= 0.3 is 6.03 Å². The van der Waals surface area contributed by atoms with Gasteiger partial charge in [0.2, 0.25) is 0 Å². The number of aromatic nitrogens is 1. The van der Waals surface area contributed by atoms with E-state index in [1.165, 1.54) is 0 Å². The van der Waals surface area contributed by atoms with Crippen LogP contribution in [0.2, 0.25) is 10.0 Å². The molecule has 7 heteroatoms. The molecular weight excluding hydrogens is 385 g/mol. The Morgan fingerprint density at radius 3 is 2.56 bits per heavy atom. The van der Waals surface area contributed by atoms with Gasteiger partial charge in [-0.15, -0.1) is 0 Å². The predicted octanol–water partition coefficient (Wildman–Crippen LogP) is 5.29. The normalized spacial score (nSPS) is 10.3. The lowest BCUT2D eigenvalue weighted by atomic mass is 10.2. The smallest absolute Gasteiger partial charge is 0.319 e. The summed E-state index contributed by atoms with van der Waals surface area (Å²) < 4.78 is 5.71. The molecule has 3 aromatic rings. The van der Waals surface area contributed by atoms with Crippen LogP contribution in [-0.4, -0.2) is 11.0 Å². The number of halogens is 2. The quantitative estimate of drug-likeness (QED) is 0.589. The molecule has 0 radical (unpaired) electrons. The van der Waals surface area contributed by atoms with Crippen molar-refractivity contribution in [1.82, 2.24) is 10.3 Å². The number of nitrogens with one attached hydrogen (secondary N) is 2. The third-order valence-corrected chi connectivity index (χ3v) is 4.23. The summed E-state index contributed by atoms with van der Waals surface area (Å²) in [7, 11) is 0. The minimum atomic E-state index is -0.351. The van der Waals surface area contributed by atoms with Gasteiger partial charge in [0.1, 0.15) is 12.4 Å². The van der Waals surface area contributed by atoms with Crippen LogP contribution in [-0.2, 0) is 13.2 Å². The number of hydrogen-bond acceptors (Lipinski definition) is 3. The van der Waals surface area contributed by atoms with E-state index in [2.05, 4.69) is 15.6 Å². The van der Waals surface area contributed by atoms with Crippen LogP contribution in [0.5, 0.6) is 5.75 Å². The number of amides is 2. The average Bonchev–Trinajstić information content (AvgIpc) is 2.68. The second kappa shape index (κ2) is 9.26. The Hall–Kier alpha value is -2.76. The van der Waals surface area contributed by atoms with Gasteiger partial charge in [0.15, 0.2) is 0 Å². The summed E-state index contributed by atoms with van der Waals surface area (Å²) in [4.78, 5) is 16.1. The Balaban J connectivity index is 1.47. The van der Waals surface area contributed by atoms with Crippen molar-refractivity contribution in [2.24, 2.45) is 0 Å². The number of nitrogens with zero attached hydrogens (tertiary/aromatic N) is 1. The van der Waals surface area contributed by atoms with Crippen molar-refractivity contribution < 1.29 is 9.53 Å². The van der Waals surface area contributed by atoms with Gasteiger partial charge in [0.25, 0.3) is 0 Å². The SMILES string of the molecule is O=C(NCc1ccc(OCc2cccnc2)cc1)Nc1ccc(Cl)cc1Cl. The number of carbonyl (C=O) groups excluding carboxylic acids is 1. The van der Waals surface area contributed by atoms with E-state index in [0.29, 0.717) is 28.9 Å². The molecule has 1 heterocycles. The first kappa shape index (κ1) is 19.0. The number of ether oxygens (including phenoxy) is 1. The van der Waals surface area contributed by atoms with Crippen molar-refractivity contribution in [3.63, 3.8) is 0 Å². The summed E-state index contributed by atoms with van der Waals surface area (Å²) in [5.41, 5.74) is 2.44. The van der Waals surface area contributed by atoms with E-state index < -0.39 is 0 Å². The fourth-order valence-corrected chi connectivity index (χ4v) is 2.75. The highest BCUT2D eigenvalue weighted by Gasteiger charge is 2.06. The first-order valence-corrected chi connectivity index (χ1v) is 8.96. The number of benzene rings is 2. The molecule has 5 nitrogen and oxygen atoms in total. The van der Waals surface area contributed by atoms with E-state index >= 15 is 0 Å². The van der Waals surface area contributed by atoms with Crippen LogP contribution in [0.25, 0.3) is 0 Å². The van der Waals surface area contributed by atoms with Gasteiger partial charge in [-0.25, -0.2) is 4.79 Å². The van der Waals surface area contributed by atoms with Crippen LogP contribution < -0.4 is 15.4 Å². The Morgan fingerprint density at radius 2 is 1.85 bits per heavy atom. The highest BCUT2D eigenvalue weighted by atomic mass is 35.5. The van der Waals surface area contributed by atoms with Crippen LogP contribution in [0.3, 0.4) is 0 Å². The Kier molecular flexibility index (Phi) is 6.52. The van der Waals surface area contributed by atoms with Crippen molar-refractivity contribution in [3.05, 3.63) is 88.2 Å². The van der Waals surface area contributed by atoms with Crippen molar-refractivity contribution >= 4 is 34.9 Å². The van der Waals surface area contributed by atoms with Crippen molar-refractivity contribution in [3.8, 4) is 5.75 Å². The zero-order valence-corrected chi connectivity index (χ0v) is 15.8. The molecule has 0 bridgehead atoms. The molecule has 0 aliphatic rings. The van der Waals surface area contributed by atoms with Crippen LogP contribution in [0.1, 0.15) is 11.1 Å². The standard InChI is InChI=1S/C20H17Cl2N3O2/c21-16-5-8-19(18(22)10-16)25-20(26)24-12-14-3-6-17(7-4-14)27-13-15-2-1-9-23-11-15/h1-11H,12-13H2,(H2,24,25,26). The molecule has 138 valence electrons. The zero-order valence-electron chi connectivity index (χ0n) is 14.3. The van der Waals surface area contributed by atoms with E-state index in [4.69, 9.17) is 27.9 Å². The summed E-state index contributed by atoms with van der Waals surface area (Å²) in [5.74, 6) is 0.750. The monoisotopic (exact) mass is 401 g/mol. The summed E-state index contributed by atoms with van der Waals surface area (Å²) in [6.07, 6.45) is 3.49. The maximum Gasteiger partial charge on any atom is 0.319 e. The largest absolute Gasteiger partial charge is 0.489 e. The summed E-state index contributed by atoms with van der Waals surface area (Å²) in [6, 6.07) is 15.9. The van der Waals surface area contributed by atoms with Crippen molar-refractivity contribution in [2.75, 3.05) is 5.32 Å². The molecule has 0 fully saturated rings. The van der Waals surface area contributed by atoms with E-state index in [9.17, 15) is 4.79 Å². The lowest BCUT2D eigenvalue weighted by molar-refractivity contribution is 0.251. The van der Waals surface area contributed by atoms with Gasteiger partial charge < -0.3 is 15.4 Å². The molecule has 0 spiro atoms. The van der Waals surface area contributed by atoms with Crippen LogP contribution >= 0.6 is 23.2 Å². The van der Waals surface area contributed by atoms with Gasteiger partial charge in [-0.3, -0.25) is 4.98 Å². The number of urea groups is 1. The third kappa shape index (κ3) is 5.88. The molecule has 1 aromatic heterocycles. The third-order valence-electron chi connectivity index (χ3n) is 3.68. The highest BCUT2D eigenvalue weighted by Crippen LogP contribution is 2.25. The Bertz CT molecular complexity index is 903. The van der Waals surface area contributed by atoms with Gasteiger partial charge in [-0.05, 0) is 42.0 Å². The summed E-state index contributed by atoms with van der Waals surface area (Å²) in [6.45, 7) is 0.829. The molecule has 0 saturated carbocycles. The minimum Gasteiger partial charge on any atom is -0.489 e. The topological polar surface area (TPSA) is 63.2 Å². The molecule has 0 aliphatic heterocycles. The van der Waals surface area contributed by atoms with Crippen molar-refractivity contribution in [1.29, 1.82) is 0 Å². The van der Waals surface area contributed by atoms with E-state index in [1.54, 1.807) is 30.6 Å². The molecule has 0 aliphatic carbocycles. The van der Waals surface area contributed by atoms with E-state index in [0.717, 1.165) is 16.9 Å². The molecule has 2 aromatic carbocycles. The number of rotatable bonds is 6. The van der Waals surface area contributed by atoms with Gasteiger partial charge in [-0.1, -0.05) is 41.4 Å². The molecule has 0 saturated heterocycles. The zero-order chi connectivity index (χ0) is 19.1. The van der Waals surface area contributed by atoms with E-state index in [1.807, 2.05) is 36.4 Å². The Labute approximate surface area is 167 Å². The molecule has 2 N–H and O–H groups in total. The predicted molar refractivity (Wildman–Crippen MR) is 107 cm³/mol. The van der Waals surface area contributed by atoms with Gasteiger partial charge in [-0.2, -0.15) is 0 Å².